The molecule has 5 unspecified atom stereocenters. The van der Waals surface area contributed by atoms with Crippen molar-refractivity contribution in [3.63, 3.8) is 0 Å². The molecule has 0 radical (unpaired) electrons. The Morgan fingerprint density at radius 2 is 1.50 bits per heavy atom. The molecule has 5 N–H and O–H groups in total. The maximum Gasteiger partial charge on any atom is 0.194 e. The van der Waals surface area contributed by atoms with Gasteiger partial charge in [-0.3, -0.25) is 9.59 Å². The van der Waals surface area contributed by atoms with Gasteiger partial charge in [0.1, 0.15) is 12.2 Å². The van der Waals surface area contributed by atoms with Gasteiger partial charge in [-0.25, -0.2) is 0 Å². The van der Waals surface area contributed by atoms with Crippen LogP contribution in [0.3, 0.4) is 0 Å². The van der Waals surface area contributed by atoms with Crippen LogP contribution < -0.4 is 5.73 Å². The van der Waals surface area contributed by atoms with Crippen LogP contribution in [0, 0.1) is 0 Å². The molecule has 2 aromatic rings. The zero-order valence-corrected chi connectivity index (χ0v) is 14.7. The molecule has 1 saturated heterocycles. The van der Waals surface area contributed by atoms with Crippen LogP contribution >= 0.6 is 0 Å². The Hall–Kier alpha value is -2.46. The van der Waals surface area contributed by atoms with Crippen molar-refractivity contribution in [1.29, 1.82) is 0 Å². The highest BCUT2D eigenvalue weighted by Gasteiger charge is 2.42. The van der Waals surface area contributed by atoms with E-state index in [0.717, 1.165) is 0 Å². The van der Waals surface area contributed by atoms with E-state index in [1.807, 2.05) is 0 Å². The number of benzene rings is 2. The van der Waals surface area contributed by atoms with Gasteiger partial charge in [0.2, 0.25) is 0 Å². The van der Waals surface area contributed by atoms with Crippen molar-refractivity contribution in [2.75, 3.05) is 0 Å². The molecule has 1 fully saturated rings. The summed E-state index contributed by atoms with van der Waals surface area (Å²) >= 11 is 0. The molecule has 0 amide bonds. The van der Waals surface area contributed by atoms with Crippen LogP contribution in [0.4, 0.5) is 0 Å². The molecule has 0 bridgehead atoms. The highest BCUT2D eigenvalue weighted by Crippen LogP contribution is 2.28. The molecule has 8 heteroatoms. The van der Waals surface area contributed by atoms with E-state index < -0.39 is 30.8 Å². The number of fused-ring (bicyclic) bond motifs is 2. The van der Waals surface area contributed by atoms with Gasteiger partial charge in [-0.2, -0.15) is 0 Å². The van der Waals surface area contributed by atoms with Crippen molar-refractivity contribution in [1.82, 2.24) is 0 Å². The molecule has 0 saturated carbocycles. The van der Waals surface area contributed by atoms with Crippen LogP contribution in [-0.2, 0) is 16.1 Å². The lowest BCUT2D eigenvalue weighted by molar-refractivity contribution is -0.314. The molecule has 8 nitrogen and oxygen atoms in total. The lowest BCUT2D eigenvalue weighted by atomic mass is 9.83. The zero-order chi connectivity index (χ0) is 20.0. The summed E-state index contributed by atoms with van der Waals surface area (Å²) in [6.45, 7) is -0.0374. The van der Waals surface area contributed by atoms with Gasteiger partial charge in [0.05, 0.1) is 12.6 Å². The van der Waals surface area contributed by atoms with Gasteiger partial charge < -0.3 is 30.5 Å². The van der Waals surface area contributed by atoms with E-state index in [2.05, 4.69) is 0 Å². The fraction of sp³-hybridized carbons (Fsp3) is 0.300. The average Bonchev–Trinajstić information content (AvgIpc) is 2.72. The number of carbonyl (C=O) groups is 2. The van der Waals surface area contributed by atoms with Crippen LogP contribution in [0.25, 0.3) is 0 Å². The van der Waals surface area contributed by atoms with Crippen molar-refractivity contribution < 1.29 is 34.4 Å². The predicted octanol–water partition coefficient (Wildman–Crippen LogP) is -0.298. The number of hydrogen-bond donors (Lipinski definition) is 4. The maximum absolute atomic E-state index is 12.8. The number of aliphatic hydroxyl groups is 3. The minimum atomic E-state index is -1.63. The summed E-state index contributed by atoms with van der Waals surface area (Å²) in [6.07, 6.45) is -5.71. The molecule has 1 heterocycles. The number of rotatable bonds is 3. The quantitative estimate of drug-likeness (QED) is 0.482. The van der Waals surface area contributed by atoms with E-state index in [4.69, 9.17) is 15.2 Å². The van der Waals surface area contributed by atoms with E-state index in [9.17, 15) is 24.9 Å². The van der Waals surface area contributed by atoms with Crippen LogP contribution in [-0.4, -0.2) is 57.7 Å². The Bertz CT molecular complexity index is 944. The van der Waals surface area contributed by atoms with Crippen molar-refractivity contribution >= 4 is 11.6 Å². The Morgan fingerprint density at radius 3 is 2.18 bits per heavy atom. The van der Waals surface area contributed by atoms with Crippen molar-refractivity contribution in [2.45, 2.75) is 37.4 Å². The second-order valence-electron chi connectivity index (χ2n) is 6.85. The summed E-state index contributed by atoms with van der Waals surface area (Å²) in [5.74, 6) is -0.456. The summed E-state index contributed by atoms with van der Waals surface area (Å²) in [4.78, 5) is 25.4. The monoisotopic (exact) mass is 385 g/mol. The van der Waals surface area contributed by atoms with E-state index in [1.54, 1.807) is 42.5 Å². The number of ether oxygens (including phenoxy) is 2. The molecule has 5 atom stereocenters. The normalized spacial score (nSPS) is 29.4. The molecular weight excluding hydrogens is 366 g/mol. The van der Waals surface area contributed by atoms with Crippen LogP contribution in [0.1, 0.15) is 37.4 Å². The van der Waals surface area contributed by atoms with E-state index in [-0.39, 0.29) is 23.7 Å². The SMILES string of the molecule is NC1C(OCc2ccc3c(c2)C(=O)c2ccccc2C3=O)OC(O)C(O)C1O. The third-order valence-corrected chi connectivity index (χ3v) is 5.03. The third-order valence-electron chi connectivity index (χ3n) is 5.03. The number of nitrogens with two attached hydrogens (primary N) is 1. The molecule has 1 aliphatic carbocycles. The molecule has 146 valence electrons. The van der Waals surface area contributed by atoms with Crippen molar-refractivity contribution in [3.05, 3.63) is 70.3 Å². The lowest BCUT2D eigenvalue weighted by Crippen LogP contribution is -2.61. The summed E-state index contributed by atoms with van der Waals surface area (Å²) in [6, 6.07) is 10.4. The molecule has 2 aromatic carbocycles. The minimum Gasteiger partial charge on any atom is -0.388 e. The Balaban J connectivity index is 1.54. The largest absolute Gasteiger partial charge is 0.388 e. The van der Waals surface area contributed by atoms with Crippen LogP contribution in [0.2, 0.25) is 0 Å². The maximum atomic E-state index is 12.8. The van der Waals surface area contributed by atoms with Gasteiger partial charge in [0, 0.05) is 22.3 Å². The molecule has 2 aliphatic rings. The van der Waals surface area contributed by atoms with Gasteiger partial charge in [-0.1, -0.05) is 30.3 Å². The first-order valence-electron chi connectivity index (χ1n) is 8.76. The first-order valence-corrected chi connectivity index (χ1v) is 8.76. The van der Waals surface area contributed by atoms with Crippen LogP contribution in [0.15, 0.2) is 42.5 Å². The highest BCUT2D eigenvalue weighted by atomic mass is 16.7. The smallest absolute Gasteiger partial charge is 0.194 e. The molecule has 0 aromatic heterocycles. The summed E-state index contributed by atoms with van der Waals surface area (Å²) in [5.41, 5.74) is 7.71. The second kappa shape index (κ2) is 7.17. The Kier molecular flexibility index (Phi) is 4.84. The predicted molar refractivity (Wildman–Crippen MR) is 95.4 cm³/mol. The molecular formula is C20H19NO7. The summed E-state index contributed by atoms with van der Waals surface area (Å²) < 4.78 is 10.6. The van der Waals surface area contributed by atoms with Gasteiger partial charge in [0.25, 0.3) is 0 Å². The number of hydrogen-bond acceptors (Lipinski definition) is 8. The van der Waals surface area contributed by atoms with Crippen LogP contribution in [0.5, 0.6) is 0 Å². The molecule has 28 heavy (non-hydrogen) atoms. The molecule has 1 aliphatic heterocycles. The topological polar surface area (TPSA) is 139 Å². The highest BCUT2D eigenvalue weighted by molar-refractivity contribution is 6.28. The van der Waals surface area contributed by atoms with Crippen molar-refractivity contribution in [2.24, 2.45) is 5.73 Å². The number of carbonyl (C=O) groups excluding carboxylic acids is 2. The lowest BCUT2D eigenvalue weighted by Gasteiger charge is -2.38. The molecule has 4 rings (SSSR count). The second-order valence-corrected chi connectivity index (χ2v) is 6.85. The zero-order valence-electron chi connectivity index (χ0n) is 14.7. The average molecular weight is 385 g/mol. The first kappa shape index (κ1) is 18.9. The number of ketones is 2. The van der Waals surface area contributed by atoms with Crippen molar-refractivity contribution in [3.8, 4) is 0 Å². The van der Waals surface area contributed by atoms with Gasteiger partial charge in [-0.15, -0.1) is 0 Å². The fourth-order valence-electron chi connectivity index (χ4n) is 3.43. The van der Waals surface area contributed by atoms with E-state index in [1.165, 1.54) is 0 Å². The molecule has 0 spiro atoms. The summed E-state index contributed by atoms with van der Waals surface area (Å²) in [5, 5.41) is 29.0. The third kappa shape index (κ3) is 3.06. The first-order chi connectivity index (χ1) is 13.4. The van der Waals surface area contributed by atoms with E-state index in [0.29, 0.717) is 22.3 Å². The fourth-order valence-corrected chi connectivity index (χ4v) is 3.43. The van der Waals surface area contributed by atoms with Gasteiger partial charge in [0.15, 0.2) is 24.1 Å². The van der Waals surface area contributed by atoms with E-state index >= 15 is 0 Å². The van der Waals surface area contributed by atoms with Gasteiger partial charge >= 0.3 is 0 Å². The number of aliphatic hydroxyl groups excluding tert-OH is 3. The Morgan fingerprint density at radius 1 is 0.893 bits per heavy atom. The van der Waals surface area contributed by atoms with Gasteiger partial charge in [-0.05, 0) is 17.7 Å². The Labute approximate surface area is 160 Å². The summed E-state index contributed by atoms with van der Waals surface area (Å²) in [7, 11) is 0. The minimum absolute atomic E-state index is 0.0374. The standard InChI is InChI=1S/C20H19NO7/c21-14-17(24)18(25)19(26)28-20(14)27-8-9-5-6-12-13(7-9)16(23)11-4-2-1-3-10(11)15(12)22/h1-7,14,17-20,24-26H,8,21H2.